The fourth-order valence-electron chi connectivity index (χ4n) is 2.42. The van der Waals surface area contributed by atoms with Gasteiger partial charge in [0.2, 0.25) is 0 Å². The molecule has 18 heavy (non-hydrogen) atoms. The fraction of sp³-hybridized carbons (Fsp3) is 0.571. The van der Waals surface area contributed by atoms with E-state index >= 15 is 0 Å². The van der Waals surface area contributed by atoms with E-state index < -0.39 is 17.5 Å². The van der Waals surface area contributed by atoms with Crippen LogP contribution in [0.4, 0.5) is 13.2 Å². The maximum Gasteiger partial charge on any atom is 0.161 e. The van der Waals surface area contributed by atoms with Crippen molar-refractivity contribution in [2.75, 3.05) is 0 Å². The number of hydrogen-bond donors (Lipinski definition) is 1. The van der Waals surface area contributed by atoms with Gasteiger partial charge in [0.15, 0.2) is 11.6 Å². The summed E-state index contributed by atoms with van der Waals surface area (Å²) in [6.45, 7) is 2.48. The lowest BCUT2D eigenvalue weighted by Gasteiger charge is -2.27. The third kappa shape index (κ3) is 3.25. The molecule has 0 aromatic heterocycles. The summed E-state index contributed by atoms with van der Waals surface area (Å²) in [6.07, 6.45) is 4.45. The Bertz CT molecular complexity index is 412. The van der Waals surface area contributed by atoms with Gasteiger partial charge in [-0.2, -0.15) is 0 Å². The first-order valence-corrected chi connectivity index (χ1v) is 6.43. The molecule has 0 aliphatic heterocycles. The summed E-state index contributed by atoms with van der Waals surface area (Å²) in [6, 6.07) is 1.90. The highest BCUT2D eigenvalue weighted by Crippen LogP contribution is 2.24. The molecule has 1 N–H and O–H groups in total. The standard InChI is InChI=1S/C14H18F3N/c1-9-2-4-11(5-3-9)18-8-10-6-13(16)14(17)7-12(10)15/h6-7,9,11,18H,2-5,8H2,1H3. The van der Waals surface area contributed by atoms with Crippen LogP contribution in [-0.2, 0) is 6.54 Å². The van der Waals surface area contributed by atoms with Crippen molar-refractivity contribution in [2.45, 2.75) is 45.2 Å². The Morgan fingerprint density at radius 2 is 1.61 bits per heavy atom. The van der Waals surface area contributed by atoms with Gasteiger partial charge in [-0.15, -0.1) is 0 Å². The van der Waals surface area contributed by atoms with Crippen LogP contribution < -0.4 is 5.32 Å². The molecule has 4 heteroatoms. The first kappa shape index (κ1) is 13.4. The van der Waals surface area contributed by atoms with Gasteiger partial charge in [0, 0.05) is 24.2 Å². The van der Waals surface area contributed by atoms with Crippen LogP contribution in [0.15, 0.2) is 12.1 Å². The van der Waals surface area contributed by atoms with Gasteiger partial charge in [-0.05, 0) is 37.7 Å². The van der Waals surface area contributed by atoms with E-state index in [0.717, 1.165) is 37.7 Å². The Balaban J connectivity index is 1.92. The second kappa shape index (κ2) is 5.74. The quantitative estimate of drug-likeness (QED) is 0.813. The van der Waals surface area contributed by atoms with Crippen molar-refractivity contribution < 1.29 is 13.2 Å². The molecular formula is C14H18F3N. The molecule has 0 spiro atoms. The zero-order valence-electron chi connectivity index (χ0n) is 10.5. The van der Waals surface area contributed by atoms with Crippen LogP contribution in [0, 0.1) is 23.4 Å². The molecule has 1 aromatic rings. The Labute approximate surface area is 105 Å². The highest BCUT2D eigenvalue weighted by Gasteiger charge is 2.18. The van der Waals surface area contributed by atoms with Crippen molar-refractivity contribution in [1.29, 1.82) is 0 Å². The summed E-state index contributed by atoms with van der Waals surface area (Å²) in [5, 5.41) is 3.22. The third-order valence-electron chi connectivity index (χ3n) is 3.69. The van der Waals surface area contributed by atoms with E-state index in [9.17, 15) is 13.2 Å². The maximum absolute atomic E-state index is 13.4. The number of hydrogen-bond acceptors (Lipinski definition) is 1. The van der Waals surface area contributed by atoms with Crippen molar-refractivity contribution in [1.82, 2.24) is 5.32 Å². The summed E-state index contributed by atoms with van der Waals surface area (Å²) >= 11 is 0. The lowest BCUT2D eigenvalue weighted by molar-refractivity contribution is 0.305. The molecule has 1 aliphatic carbocycles. The van der Waals surface area contributed by atoms with Crippen molar-refractivity contribution in [2.24, 2.45) is 5.92 Å². The molecule has 2 rings (SSSR count). The summed E-state index contributed by atoms with van der Waals surface area (Å²) in [5.41, 5.74) is 0.188. The van der Waals surface area contributed by atoms with Crippen LogP contribution in [0.25, 0.3) is 0 Å². The molecule has 0 unspecified atom stereocenters. The monoisotopic (exact) mass is 257 g/mol. The van der Waals surface area contributed by atoms with E-state index in [4.69, 9.17) is 0 Å². The molecule has 1 nitrogen and oxygen atoms in total. The van der Waals surface area contributed by atoms with Gasteiger partial charge in [-0.1, -0.05) is 6.92 Å². The second-order valence-electron chi connectivity index (χ2n) is 5.20. The lowest BCUT2D eigenvalue weighted by atomic mass is 9.87. The second-order valence-corrected chi connectivity index (χ2v) is 5.20. The average molecular weight is 257 g/mol. The number of benzene rings is 1. The smallest absolute Gasteiger partial charge is 0.161 e. The molecule has 1 saturated carbocycles. The average Bonchev–Trinajstić information content (AvgIpc) is 2.34. The Hall–Kier alpha value is -1.03. The van der Waals surface area contributed by atoms with Gasteiger partial charge in [-0.3, -0.25) is 0 Å². The first-order valence-electron chi connectivity index (χ1n) is 6.43. The minimum absolute atomic E-state index is 0.188. The van der Waals surface area contributed by atoms with Crippen LogP contribution >= 0.6 is 0 Å². The number of halogens is 3. The predicted molar refractivity (Wildman–Crippen MR) is 64.6 cm³/mol. The van der Waals surface area contributed by atoms with E-state index in [1.807, 2.05) is 0 Å². The van der Waals surface area contributed by atoms with Crippen molar-refractivity contribution in [3.63, 3.8) is 0 Å². The lowest BCUT2D eigenvalue weighted by Crippen LogP contribution is -2.32. The van der Waals surface area contributed by atoms with E-state index in [1.165, 1.54) is 0 Å². The molecule has 0 bridgehead atoms. The minimum atomic E-state index is -1.14. The molecule has 0 radical (unpaired) electrons. The first-order chi connectivity index (χ1) is 8.56. The summed E-state index contributed by atoms with van der Waals surface area (Å²) in [7, 11) is 0. The van der Waals surface area contributed by atoms with E-state index in [0.29, 0.717) is 12.1 Å². The van der Waals surface area contributed by atoms with Crippen molar-refractivity contribution >= 4 is 0 Å². The number of nitrogens with one attached hydrogen (secondary N) is 1. The highest BCUT2D eigenvalue weighted by atomic mass is 19.2. The van der Waals surface area contributed by atoms with Crippen LogP contribution in [0.1, 0.15) is 38.2 Å². The molecule has 0 atom stereocenters. The number of rotatable bonds is 3. The van der Waals surface area contributed by atoms with Crippen molar-refractivity contribution in [3.05, 3.63) is 35.1 Å². The summed E-state index contributed by atoms with van der Waals surface area (Å²) in [4.78, 5) is 0. The molecule has 0 amide bonds. The zero-order valence-corrected chi connectivity index (χ0v) is 10.5. The van der Waals surface area contributed by atoms with E-state index in [-0.39, 0.29) is 12.1 Å². The SMILES string of the molecule is CC1CCC(NCc2cc(F)c(F)cc2F)CC1. The van der Waals surface area contributed by atoms with E-state index in [2.05, 4.69) is 12.2 Å². The molecule has 1 aromatic carbocycles. The zero-order chi connectivity index (χ0) is 13.1. The fourth-order valence-corrected chi connectivity index (χ4v) is 2.42. The molecule has 1 aliphatic rings. The van der Waals surface area contributed by atoms with Gasteiger partial charge in [0.05, 0.1) is 0 Å². The maximum atomic E-state index is 13.4. The van der Waals surface area contributed by atoms with Gasteiger partial charge >= 0.3 is 0 Å². The molecule has 0 saturated heterocycles. The van der Waals surface area contributed by atoms with E-state index in [1.54, 1.807) is 0 Å². The van der Waals surface area contributed by atoms with Crippen LogP contribution in [0.3, 0.4) is 0 Å². The predicted octanol–water partition coefficient (Wildman–Crippen LogP) is 3.77. The highest BCUT2D eigenvalue weighted by molar-refractivity contribution is 5.20. The summed E-state index contributed by atoms with van der Waals surface area (Å²) in [5.74, 6) is -2.07. The molecule has 1 fully saturated rings. The Morgan fingerprint density at radius 3 is 2.28 bits per heavy atom. The van der Waals surface area contributed by atoms with Crippen LogP contribution in [-0.4, -0.2) is 6.04 Å². The normalized spacial score (nSPS) is 24.2. The van der Waals surface area contributed by atoms with Gasteiger partial charge < -0.3 is 5.32 Å². The van der Waals surface area contributed by atoms with Crippen LogP contribution in [0.2, 0.25) is 0 Å². The Morgan fingerprint density at radius 1 is 1.00 bits per heavy atom. The van der Waals surface area contributed by atoms with Gasteiger partial charge in [-0.25, -0.2) is 13.2 Å². The van der Waals surface area contributed by atoms with Crippen molar-refractivity contribution in [3.8, 4) is 0 Å². The minimum Gasteiger partial charge on any atom is -0.310 e. The largest absolute Gasteiger partial charge is 0.310 e. The summed E-state index contributed by atoms with van der Waals surface area (Å²) < 4.78 is 39.2. The molecular weight excluding hydrogens is 239 g/mol. The Kier molecular flexibility index (Phi) is 4.27. The topological polar surface area (TPSA) is 12.0 Å². The van der Waals surface area contributed by atoms with Gasteiger partial charge in [0.1, 0.15) is 5.82 Å². The molecule has 100 valence electrons. The third-order valence-corrected chi connectivity index (χ3v) is 3.69. The van der Waals surface area contributed by atoms with Crippen LogP contribution in [0.5, 0.6) is 0 Å². The van der Waals surface area contributed by atoms with Gasteiger partial charge in [0.25, 0.3) is 0 Å². The molecule has 0 heterocycles.